The Morgan fingerprint density at radius 2 is 2.10 bits per heavy atom. The van der Waals surface area contributed by atoms with Gasteiger partial charge in [0.05, 0.1) is 16.3 Å². The highest BCUT2D eigenvalue weighted by Crippen LogP contribution is 2.25. The van der Waals surface area contributed by atoms with E-state index in [-0.39, 0.29) is 16.3 Å². The number of aryl methyl sites for hydroxylation is 1. The van der Waals surface area contributed by atoms with E-state index in [0.29, 0.717) is 16.0 Å². The molecule has 0 aliphatic heterocycles. The fraction of sp³-hybridized carbons (Fsp3) is 0.0769. The molecule has 0 bridgehead atoms. The highest BCUT2D eigenvalue weighted by Gasteiger charge is 2.16. The molecule has 108 valence electrons. The molecule has 0 unspecified atom stereocenters. The van der Waals surface area contributed by atoms with Crippen LogP contribution in [0.3, 0.4) is 0 Å². The molecule has 1 heterocycles. The van der Waals surface area contributed by atoms with Crippen LogP contribution in [0.4, 0.5) is 11.4 Å². The summed E-state index contributed by atoms with van der Waals surface area (Å²) in [6.07, 6.45) is 0. The van der Waals surface area contributed by atoms with Gasteiger partial charge >= 0.3 is 0 Å². The summed E-state index contributed by atoms with van der Waals surface area (Å²) in [6, 6.07) is 7.21. The number of aromatic nitrogens is 1. The molecule has 1 aromatic carbocycles. The first kappa shape index (κ1) is 15.4. The predicted octanol–water partition coefficient (Wildman–Crippen LogP) is 3.97. The smallest absolute Gasteiger partial charge is 0.287 e. The van der Waals surface area contributed by atoms with Crippen LogP contribution in [0.1, 0.15) is 16.1 Å². The molecule has 0 atom stereocenters. The Bertz CT molecular complexity index is 737. The van der Waals surface area contributed by atoms with Crippen LogP contribution in [0.5, 0.6) is 0 Å². The van der Waals surface area contributed by atoms with Gasteiger partial charge < -0.3 is 5.32 Å². The number of hydrogen-bond acceptors (Lipinski definition) is 4. The van der Waals surface area contributed by atoms with E-state index < -0.39 is 10.8 Å². The van der Waals surface area contributed by atoms with Gasteiger partial charge in [-0.1, -0.05) is 11.6 Å². The average molecular weight is 371 g/mol. The van der Waals surface area contributed by atoms with Gasteiger partial charge in [-0.05, 0) is 47.1 Å². The van der Waals surface area contributed by atoms with Crippen molar-refractivity contribution in [2.24, 2.45) is 0 Å². The number of amides is 1. The van der Waals surface area contributed by atoms with Crippen molar-refractivity contribution in [3.8, 4) is 0 Å². The molecule has 2 aromatic rings. The zero-order valence-electron chi connectivity index (χ0n) is 10.8. The zero-order valence-corrected chi connectivity index (χ0v) is 13.1. The van der Waals surface area contributed by atoms with E-state index in [1.54, 1.807) is 19.1 Å². The molecule has 0 aliphatic carbocycles. The van der Waals surface area contributed by atoms with Crippen LogP contribution in [-0.4, -0.2) is 15.8 Å². The molecule has 2 rings (SSSR count). The summed E-state index contributed by atoms with van der Waals surface area (Å²) in [5.41, 5.74) is 1.19. The summed E-state index contributed by atoms with van der Waals surface area (Å²) in [6.45, 7) is 1.75. The molecular weight excluding hydrogens is 362 g/mol. The summed E-state index contributed by atoms with van der Waals surface area (Å²) in [4.78, 5) is 26.3. The number of pyridine rings is 1. The van der Waals surface area contributed by atoms with Gasteiger partial charge in [0, 0.05) is 11.6 Å². The Labute approximate surface area is 133 Å². The van der Waals surface area contributed by atoms with Crippen LogP contribution in [0, 0.1) is 17.0 Å². The first-order valence-corrected chi connectivity index (χ1v) is 6.94. The van der Waals surface area contributed by atoms with E-state index in [1.807, 2.05) is 0 Å². The van der Waals surface area contributed by atoms with Gasteiger partial charge in [-0.2, -0.15) is 0 Å². The first-order chi connectivity index (χ1) is 9.88. The van der Waals surface area contributed by atoms with Gasteiger partial charge in [0.1, 0.15) is 9.63 Å². The van der Waals surface area contributed by atoms with E-state index in [0.717, 1.165) is 0 Å². The monoisotopic (exact) mass is 369 g/mol. The largest absolute Gasteiger partial charge is 0.320 e. The third-order valence-electron chi connectivity index (χ3n) is 2.71. The Hall–Kier alpha value is -1.99. The number of hydrogen-bond donors (Lipinski definition) is 1. The number of anilines is 1. The van der Waals surface area contributed by atoms with Gasteiger partial charge in [-0.25, -0.2) is 4.98 Å². The van der Waals surface area contributed by atoms with Gasteiger partial charge in [0.15, 0.2) is 0 Å². The van der Waals surface area contributed by atoms with Crippen LogP contribution >= 0.6 is 27.5 Å². The number of nitro benzene ring substituents is 1. The lowest BCUT2D eigenvalue weighted by Gasteiger charge is -2.08. The van der Waals surface area contributed by atoms with Crippen molar-refractivity contribution in [1.82, 2.24) is 4.98 Å². The maximum absolute atomic E-state index is 12.1. The Morgan fingerprint density at radius 1 is 1.38 bits per heavy atom. The summed E-state index contributed by atoms with van der Waals surface area (Å²) >= 11 is 9.02. The van der Waals surface area contributed by atoms with Crippen LogP contribution in [0.25, 0.3) is 0 Å². The van der Waals surface area contributed by atoms with E-state index in [1.165, 1.54) is 18.2 Å². The number of nitrogens with one attached hydrogen (secondary N) is 1. The fourth-order valence-electron chi connectivity index (χ4n) is 1.65. The average Bonchev–Trinajstić information content (AvgIpc) is 2.41. The molecule has 0 saturated carbocycles. The minimum absolute atomic E-state index is 0.0849. The van der Waals surface area contributed by atoms with Crippen LogP contribution in [-0.2, 0) is 0 Å². The minimum atomic E-state index is -0.604. The van der Waals surface area contributed by atoms with E-state index in [9.17, 15) is 14.9 Å². The standard InChI is InChI=1S/C13H9BrClN3O3/c1-7-10(3-5-12(14)16-7)17-13(19)8-2-4-11(18(20)21)9(15)6-8/h2-6H,1H3,(H,17,19). The van der Waals surface area contributed by atoms with Gasteiger partial charge in [-0.15, -0.1) is 0 Å². The Morgan fingerprint density at radius 3 is 2.67 bits per heavy atom. The normalized spacial score (nSPS) is 10.2. The van der Waals surface area contributed by atoms with Crippen molar-refractivity contribution in [2.75, 3.05) is 5.32 Å². The lowest BCUT2D eigenvalue weighted by atomic mass is 10.2. The summed E-state index contributed by atoms with van der Waals surface area (Å²) < 4.78 is 0.663. The van der Waals surface area contributed by atoms with E-state index in [4.69, 9.17) is 11.6 Å². The van der Waals surface area contributed by atoms with Crippen molar-refractivity contribution in [2.45, 2.75) is 6.92 Å². The molecule has 8 heteroatoms. The molecule has 0 spiro atoms. The molecule has 0 saturated heterocycles. The molecule has 0 fully saturated rings. The van der Waals surface area contributed by atoms with Gasteiger partial charge in [0.2, 0.25) is 0 Å². The molecule has 1 amide bonds. The third kappa shape index (κ3) is 3.56. The second-order valence-corrected chi connectivity index (χ2v) is 5.36. The van der Waals surface area contributed by atoms with Crippen LogP contribution in [0.2, 0.25) is 5.02 Å². The quantitative estimate of drug-likeness (QED) is 0.503. The van der Waals surface area contributed by atoms with Crippen molar-refractivity contribution in [3.63, 3.8) is 0 Å². The summed E-state index contributed by atoms with van der Waals surface area (Å²) in [7, 11) is 0. The minimum Gasteiger partial charge on any atom is -0.320 e. The number of nitrogens with zero attached hydrogens (tertiary/aromatic N) is 2. The second-order valence-electron chi connectivity index (χ2n) is 4.14. The number of halogens is 2. The summed E-state index contributed by atoms with van der Waals surface area (Å²) in [5, 5.41) is 13.3. The predicted molar refractivity (Wildman–Crippen MR) is 82.7 cm³/mol. The van der Waals surface area contributed by atoms with Crippen LogP contribution < -0.4 is 5.32 Å². The number of benzene rings is 1. The number of carbonyl (C=O) groups is 1. The van der Waals surface area contributed by atoms with Crippen molar-refractivity contribution >= 4 is 44.8 Å². The van der Waals surface area contributed by atoms with Gasteiger partial charge in [0.25, 0.3) is 11.6 Å². The topological polar surface area (TPSA) is 85.1 Å². The van der Waals surface area contributed by atoms with E-state index >= 15 is 0 Å². The molecule has 21 heavy (non-hydrogen) atoms. The second kappa shape index (κ2) is 6.19. The molecule has 1 N–H and O–H groups in total. The molecule has 1 aromatic heterocycles. The Balaban J connectivity index is 2.24. The zero-order chi connectivity index (χ0) is 15.6. The number of rotatable bonds is 3. The lowest BCUT2D eigenvalue weighted by Crippen LogP contribution is -2.13. The first-order valence-electron chi connectivity index (χ1n) is 5.77. The third-order valence-corrected chi connectivity index (χ3v) is 3.45. The SMILES string of the molecule is Cc1nc(Br)ccc1NC(=O)c1ccc([N+](=O)[O-])c(Cl)c1. The lowest BCUT2D eigenvalue weighted by molar-refractivity contribution is -0.384. The van der Waals surface area contributed by atoms with Crippen LogP contribution in [0.15, 0.2) is 34.9 Å². The maximum atomic E-state index is 12.1. The van der Waals surface area contributed by atoms with Crippen molar-refractivity contribution in [1.29, 1.82) is 0 Å². The molecule has 6 nitrogen and oxygen atoms in total. The molecule has 0 radical (unpaired) electrons. The molecular formula is C13H9BrClN3O3. The van der Waals surface area contributed by atoms with Gasteiger partial charge in [-0.3, -0.25) is 14.9 Å². The van der Waals surface area contributed by atoms with Crippen molar-refractivity contribution in [3.05, 3.63) is 61.3 Å². The Kier molecular flexibility index (Phi) is 4.54. The highest BCUT2D eigenvalue weighted by molar-refractivity contribution is 9.10. The molecule has 0 aliphatic rings. The van der Waals surface area contributed by atoms with E-state index in [2.05, 4.69) is 26.2 Å². The number of carbonyl (C=O) groups excluding carboxylic acids is 1. The highest BCUT2D eigenvalue weighted by atomic mass is 79.9. The fourth-order valence-corrected chi connectivity index (χ4v) is 2.30. The van der Waals surface area contributed by atoms with Crippen molar-refractivity contribution < 1.29 is 9.72 Å². The summed E-state index contributed by atoms with van der Waals surface area (Å²) in [5.74, 6) is -0.418. The number of nitro groups is 1. The maximum Gasteiger partial charge on any atom is 0.287 e.